The third kappa shape index (κ3) is 4.19. The van der Waals surface area contributed by atoms with Gasteiger partial charge in [0.25, 0.3) is 0 Å². The normalized spacial score (nSPS) is 26.4. The van der Waals surface area contributed by atoms with Crippen LogP contribution in [0.25, 0.3) is 0 Å². The Balaban J connectivity index is 1.99. The molecule has 1 saturated heterocycles. The predicted octanol–water partition coefficient (Wildman–Crippen LogP) is 2.70. The fraction of sp³-hybridized carbons (Fsp3) is 0.941. The highest BCUT2D eigenvalue weighted by atomic mass is 16.5. The number of carbonyl (C=O) groups is 1. The zero-order valence-corrected chi connectivity index (χ0v) is 13.6. The number of likely N-dealkylation sites (tertiary alicyclic amines) is 1. The summed E-state index contributed by atoms with van der Waals surface area (Å²) in [5.74, 6) is 0.302. The minimum atomic E-state index is -0.289. The van der Waals surface area contributed by atoms with Gasteiger partial charge in [0, 0.05) is 26.2 Å². The highest BCUT2D eigenvalue weighted by Gasteiger charge is 2.41. The van der Waals surface area contributed by atoms with Crippen LogP contribution in [-0.2, 0) is 9.53 Å². The van der Waals surface area contributed by atoms with E-state index in [0.29, 0.717) is 12.5 Å². The highest BCUT2D eigenvalue weighted by molar-refractivity contribution is 5.83. The summed E-state index contributed by atoms with van der Waals surface area (Å²) >= 11 is 0. The molecule has 0 aromatic rings. The van der Waals surface area contributed by atoms with Gasteiger partial charge in [-0.15, -0.1) is 0 Å². The van der Waals surface area contributed by atoms with Crippen molar-refractivity contribution in [1.29, 1.82) is 0 Å². The zero-order chi connectivity index (χ0) is 15.1. The van der Waals surface area contributed by atoms with Crippen LogP contribution in [0.15, 0.2) is 0 Å². The van der Waals surface area contributed by atoms with Gasteiger partial charge in [-0.3, -0.25) is 4.79 Å². The Morgan fingerprint density at radius 3 is 2.57 bits per heavy atom. The molecule has 2 fully saturated rings. The molecule has 1 aliphatic carbocycles. The van der Waals surface area contributed by atoms with E-state index in [1.165, 1.54) is 12.8 Å². The Labute approximate surface area is 129 Å². The molecule has 0 aromatic carbocycles. The molecule has 122 valence electrons. The molecule has 4 heteroatoms. The highest BCUT2D eigenvalue weighted by Crippen LogP contribution is 2.36. The Kier molecular flexibility index (Phi) is 6.49. The quantitative estimate of drug-likeness (QED) is 0.794. The first-order valence-electron chi connectivity index (χ1n) is 8.83. The Morgan fingerprint density at radius 2 is 1.95 bits per heavy atom. The molecule has 1 atom stereocenters. The molecule has 21 heavy (non-hydrogen) atoms. The minimum Gasteiger partial charge on any atom is -0.376 e. The van der Waals surface area contributed by atoms with E-state index in [4.69, 9.17) is 10.5 Å². The van der Waals surface area contributed by atoms with E-state index in [1.54, 1.807) is 0 Å². The molecular formula is C17H32N2O2. The lowest BCUT2D eigenvalue weighted by molar-refractivity contribution is -0.146. The van der Waals surface area contributed by atoms with Crippen molar-refractivity contribution in [2.24, 2.45) is 11.1 Å². The van der Waals surface area contributed by atoms with E-state index in [2.05, 4.69) is 6.92 Å². The number of hydrogen-bond acceptors (Lipinski definition) is 3. The Hall–Kier alpha value is -0.610. The van der Waals surface area contributed by atoms with Crippen molar-refractivity contribution in [3.05, 3.63) is 0 Å². The van der Waals surface area contributed by atoms with Crippen LogP contribution in [0.1, 0.15) is 64.7 Å². The second-order valence-corrected chi connectivity index (χ2v) is 6.78. The van der Waals surface area contributed by atoms with E-state index in [1.807, 2.05) is 4.90 Å². The predicted molar refractivity (Wildman–Crippen MR) is 85.0 cm³/mol. The Bertz CT molecular complexity index is 325. The van der Waals surface area contributed by atoms with Gasteiger partial charge in [-0.05, 0) is 32.1 Å². The largest absolute Gasteiger partial charge is 0.376 e. The molecule has 1 unspecified atom stereocenters. The lowest BCUT2D eigenvalue weighted by atomic mass is 9.78. The molecule has 2 N–H and O–H groups in total. The second kappa shape index (κ2) is 8.14. The molecule has 1 saturated carbocycles. The monoisotopic (exact) mass is 296 g/mol. The van der Waals surface area contributed by atoms with Crippen molar-refractivity contribution in [2.75, 3.05) is 26.2 Å². The van der Waals surface area contributed by atoms with Gasteiger partial charge >= 0.3 is 0 Å². The first-order chi connectivity index (χ1) is 10.2. The van der Waals surface area contributed by atoms with Crippen LogP contribution < -0.4 is 5.73 Å². The van der Waals surface area contributed by atoms with Crippen LogP contribution >= 0.6 is 0 Å². The summed E-state index contributed by atoms with van der Waals surface area (Å²) in [5, 5.41) is 0. The van der Waals surface area contributed by atoms with E-state index in [-0.39, 0.29) is 11.5 Å². The summed E-state index contributed by atoms with van der Waals surface area (Å²) in [4.78, 5) is 15.1. The number of rotatable bonds is 5. The molecule has 0 spiro atoms. The maximum atomic E-state index is 13.1. The van der Waals surface area contributed by atoms with Crippen LogP contribution in [0.5, 0.6) is 0 Å². The van der Waals surface area contributed by atoms with Crippen molar-refractivity contribution in [3.63, 3.8) is 0 Å². The van der Waals surface area contributed by atoms with Crippen molar-refractivity contribution in [3.8, 4) is 0 Å². The summed E-state index contributed by atoms with van der Waals surface area (Å²) in [6.45, 7) is 5.07. The molecule has 1 heterocycles. The number of ether oxygens (including phenoxy) is 1. The second-order valence-electron chi connectivity index (χ2n) is 6.78. The zero-order valence-electron chi connectivity index (χ0n) is 13.6. The SMILES string of the molecule is CCCOC1CCCN(C(=O)C2(CN)CCCCCC2)C1. The third-order valence-electron chi connectivity index (χ3n) is 5.13. The van der Waals surface area contributed by atoms with Gasteiger partial charge in [0.15, 0.2) is 0 Å². The fourth-order valence-corrected chi connectivity index (χ4v) is 3.79. The number of nitrogens with zero attached hydrogens (tertiary/aromatic N) is 1. The maximum Gasteiger partial charge on any atom is 0.230 e. The van der Waals surface area contributed by atoms with Crippen LogP contribution in [0.2, 0.25) is 0 Å². The molecule has 1 aliphatic heterocycles. The average Bonchev–Trinajstić information content (AvgIpc) is 2.79. The van der Waals surface area contributed by atoms with Crippen molar-refractivity contribution in [2.45, 2.75) is 70.8 Å². The molecule has 4 nitrogen and oxygen atoms in total. The van der Waals surface area contributed by atoms with Gasteiger partial charge < -0.3 is 15.4 Å². The smallest absolute Gasteiger partial charge is 0.230 e. The lowest BCUT2D eigenvalue weighted by Crippen LogP contribution is -2.52. The third-order valence-corrected chi connectivity index (χ3v) is 5.13. The van der Waals surface area contributed by atoms with Crippen LogP contribution in [-0.4, -0.2) is 43.2 Å². The number of piperidine rings is 1. The summed E-state index contributed by atoms with van der Waals surface area (Å²) < 4.78 is 5.87. The van der Waals surface area contributed by atoms with Gasteiger partial charge in [0.05, 0.1) is 11.5 Å². The molecule has 0 bridgehead atoms. The molecular weight excluding hydrogens is 264 g/mol. The van der Waals surface area contributed by atoms with E-state index < -0.39 is 0 Å². The van der Waals surface area contributed by atoms with Gasteiger partial charge in [-0.2, -0.15) is 0 Å². The molecule has 0 aromatic heterocycles. The van der Waals surface area contributed by atoms with Crippen molar-refractivity contribution in [1.82, 2.24) is 4.90 Å². The summed E-state index contributed by atoms with van der Waals surface area (Å²) in [6.07, 6.45) is 10.1. The van der Waals surface area contributed by atoms with E-state index in [9.17, 15) is 4.79 Å². The maximum absolute atomic E-state index is 13.1. The molecule has 1 amide bonds. The number of carbonyl (C=O) groups excluding carboxylic acids is 1. The number of hydrogen-bond donors (Lipinski definition) is 1. The minimum absolute atomic E-state index is 0.225. The topological polar surface area (TPSA) is 55.6 Å². The van der Waals surface area contributed by atoms with E-state index >= 15 is 0 Å². The van der Waals surface area contributed by atoms with Gasteiger partial charge in [0.2, 0.25) is 5.91 Å². The number of amides is 1. The Morgan fingerprint density at radius 1 is 1.24 bits per heavy atom. The first kappa shape index (κ1) is 16.8. The van der Waals surface area contributed by atoms with Crippen LogP contribution in [0, 0.1) is 5.41 Å². The van der Waals surface area contributed by atoms with Gasteiger partial charge in [-0.25, -0.2) is 0 Å². The van der Waals surface area contributed by atoms with Crippen LogP contribution in [0.4, 0.5) is 0 Å². The summed E-state index contributed by atoms with van der Waals surface area (Å²) in [6, 6.07) is 0. The molecule has 2 aliphatic rings. The van der Waals surface area contributed by atoms with Crippen molar-refractivity contribution < 1.29 is 9.53 Å². The van der Waals surface area contributed by atoms with E-state index in [0.717, 1.165) is 64.6 Å². The summed E-state index contributed by atoms with van der Waals surface area (Å²) in [7, 11) is 0. The van der Waals surface area contributed by atoms with Crippen molar-refractivity contribution >= 4 is 5.91 Å². The number of nitrogens with two attached hydrogens (primary N) is 1. The van der Waals surface area contributed by atoms with Gasteiger partial charge in [-0.1, -0.05) is 32.6 Å². The molecule has 2 rings (SSSR count). The average molecular weight is 296 g/mol. The standard InChI is InChI=1S/C17H32N2O2/c1-2-12-21-15-8-7-11-19(13-15)16(20)17(14-18)9-5-3-4-6-10-17/h15H,2-14,18H2,1H3. The molecule has 0 radical (unpaired) electrons. The summed E-state index contributed by atoms with van der Waals surface area (Å²) in [5.41, 5.74) is 5.76. The van der Waals surface area contributed by atoms with Gasteiger partial charge in [0.1, 0.15) is 0 Å². The van der Waals surface area contributed by atoms with Crippen LogP contribution in [0.3, 0.4) is 0 Å². The first-order valence-corrected chi connectivity index (χ1v) is 8.83. The lowest BCUT2D eigenvalue weighted by Gasteiger charge is -2.40. The fourth-order valence-electron chi connectivity index (χ4n) is 3.79.